The summed E-state index contributed by atoms with van der Waals surface area (Å²) in [6, 6.07) is 20.1. The predicted molar refractivity (Wildman–Crippen MR) is 130 cm³/mol. The van der Waals surface area contributed by atoms with Crippen LogP contribution in [0.4, 0.5) is 11.4 Å². The summed E-state index contributed by atoms with van der Waals surface area (Å²) >= 11 is 0. The highest BCUT2D eigenvalue weighted by molar-refractivity contribution is 7.92. The molecule has 3 N–H and O–H groups in total. The second-order valence-electron chi connectivity index (χ2n) is 7.68. The molecule has 0 unspecified atom stereocenters. The molecule has 0 saturated heterocycles. The summed E-state index contributed by atoms with van der Waals surface area (Å²) in [6.45, 7) is 4.08. The minimum Gasteiger partial charge on any atom is -0.348 e. The Kier molecular flexibility index (Phi) is 7.84. The molecular weight excluding hydrogens is 438 g/mol. The van der Waals surface area contributed by atoms with Crippen LogP contribution >= 0.6 is 0 Å². The third-order valence-corrected chi connectivity index (χ3v) is 6.23. The fourth-order valence-corrected chi connectivity index (χ4v) is 4.24. The quantitative estimate of drug-likeness (QED) is 0.434. The van der Waals surface area contributed by atoms with Gasteiger partial charge in [0.05, 0.1) is 4.90 Å². The zero-order chi connectivity index (χ0) is 23.8. The monoisotopic (exact) mass is 465 g/mol. The average molecular weight is 466 g/mol. The first-order valence-electron chi connectivity index (χ1n) is 10.6. The zero-order valence-corrected chi connectivity index (χ0v) is 19.4. The molecular formula is C25H27N3O4S. The Morgan fingerprint density at radius 1 is 0.879 bits per heavy atom. The first kappa shape index (κ1) is 24.0. The van der Waals surface area contributed by atoms with Crippen LogP contribution in [0.1, 0.15) is 41.3 Å². The van der Waals surface area contributed by atoms with Crippen molar-refractivity contribution in [2.45, 2.75) is 38.1 Å². The molecule has 0 aliphatic heterocycles. The number of anilines is 2. The topological polar surface area (TPSA) is 104 Å². The van der Waals surface area contributed by atoms with Crippen molar-refractivity contribution in [2.24, 2.45) is 0 Å². The lowest BCUT2D eigenvalue weighted by Crippen LogP contribution is -2.23. The SMILES string of the molecule is CCCC(=O)Nc1cccc(CNC(=O)c2cccc(S(=O)(=O)Nc3ccc(C)cc3)c2)c1. The van der Waals surface area contributed by atoms with E-state index < -0.39 is 15.9 Å². The molecule has 2 amide bonds. The third-order valence-electron chi connectivity index (χ3n) is 4.85. The Hall–Kier alpha value is -3.65. The van der Waals surface area contributed by atoms with Crippen molar-refractivity contribution in [3.8, 4) is 0 Å². The Morgan fingerprint density at radius 3 is 2.33 bits per heavy atom. The van der Waals surface area contributed by atoms with Gasteiger partial charge in [0.1, 0.15) is 0 Å². The maximum atomic E-state index is 12.7. The summed E-state index contributed by atoms with van der Waals surface area (Å²) in [7, 11) is -3.84. The lowest BCUT2D eigenvalue weighted by atomic mass is 10.1. The van der Waals surface area contributed by atoms with Crippen molar-refractivity contribution in [3.63, 3.8) is 0 Å². The number of amides is 2. The van der Waals surface area contributed by atoms with Crippen LogP contribution in [0.5, 0.6) is 0 Å². The molecule has 3 aromatic carbocycles. The van der Waals surface area contributed by atoms with Crippen molar-refractivity contribution in [2.75, 3.05) is 10.0 Å². The van der Waals surface area contributed by atoms with Crippen LogP contribution < -0.4 is 15.4 Å². The molecule has 0 bridgehead atoms. The Bertz CT molecular complexity index is 1240. The van der Waals surface area contributed by atoms with E-state index in [1.54, 1.807) is 36.4 Å². The van der Waals surface area contributed by atoms with E-state index in [2.05, 4.69) is 15.4 Å². The minimum atomic E-state index is -3.84. The van der Waals surface area contributed by atoms with Gasteiger partial charge in [0.2, 0.25) is 5.91 Å². The summed E-state index contributed by atoms with van der Waals surface area (Å²) in [6.07, 6.45) is 1.20. The van der Waals surface area contributed by atoms with Crippen molar-refractivity contribution >= 4 is 33.2 Å². The first-order valence-corrected chi connectivity index (χ1v) is 12.1. The summed E-state index contributed by atoms with van der Waals surface area (Å²) < 4.78 is 28.0. The maximum Gasteiger partial charge on any atom is 0.261 e. The number of carbonyl (C=O) groups is 2. The number of hydrogen-bond donors (Lipinski definition) is 3. The number of hydrogen-bond acceptors (Lipinski definition) is 4. The molecule has 3 aromatic rings. The lowest BCUT2D eigenvalue weighted by molar-refractivity contribution is -0.116. The summed E-state index contributed by atoms with van der Waals surface area (Å²) in [5.41, 5.74) is 3.17. The lowest BCUT2D eigenvalue weighted by Gasteiger charge is -2.11. The van der Waals surface area contributed by atoms with Crippen LogP contribution in [-0.2, 0) is 21.4 Å². The van der Waals surface area contributed by atoms with E-state index in [4.69, 9.17) is 0 Å². The molecule has 7 nitrogen and oxygen atoms in total. The highest BCUT2D eigenvalue weighted by atomic mass is 32.2. The van der Waals surface area contributed by atoms with Gasteiger partial charge in [-0.25, -0.2) is 8.42 Å². The van der Waals surface area contributed by atoms with E-state index in [0.717, 1.165) is 17.5 Å². The molecule has 3 rings (SSSR count). The molecule has 172 valence electrons. The van der Waals surface area contributed by atoms with Gasteiger partial charge in [0, 0.05) is 29.9 Å². The molecule has 0 atom stereocenters. The van der Waals surface area contributed by atoms with E-state index in [0.29, 0.717) is 17.8 Å². The molecule has 33 heavy (non-hydrogen) atoms. The van der Waals surface area contributed by atoms with Gasteiger partial charge in [-0.15, -0.1) is 0 Å². The molecule has 0 radical (unpaired) electrons. The number of carbonyl (C=O) groups excluding carboxylic acids is 2. The summed E-state index contributed by atoms with van der Waals surface area (Å²) in [5.74, 6) is -0.459. The van der Waals surface area contributed by atoms with E-state index in [-0.39, 0.29) is 22.9 Å². The highest BCUT2D eigenvalue weighted by Gasteiger charge is 2.16. The molecule has 0 heterocycles. The van der Waals surface area contributed by atoms with Crippen molar-refractivity contribution in [1.82, 2.24) is 5.32 Å². The Labute approximate surface area is 194 Å². The second-order valence-corrected chi connectivity index (χ2v) is 9.36. The Morgan fingerprint density at radius 2 is 1.61 bits per heavy atom. The fraction of sp³-hybridized carbons (Fsp3) is 0.200. The van der Waals surface area contributed by atoms with E-state index in [1.165, 1.54) is 18.2 Å². The Balaban J connectivity index is 1.66. The predicted octanol–water partition coefficient (Wildman–Crippen LogP) is 4.46. The summed E-state index contributed by atoms with van der Waals surface area (Å²) in [4.78, 5) is 24.4. The summed E-state index contributed by atoms with van der Waals surface area (Å²) in [5, 5.41) is 5.61. The first-order chi connectivity index (χ1) is 15.8. The van der Waals surface area contributed by atoms with Crippen LogP contribution in [-0.4, -0.2) is 20.2 Å². The molecule has 0 spiro atoms. The zero-order valence-electron chi connectivity index (χ0n) is 18.6. The van der Waals surface area contributed by atoms with Crippen LogP contribution in [0.3, 0.4) is 0 Å². The maximum absolute atomic E-state index is 12.7. The molecule has 8 heteroatoms. The van der Waals surface area contributed by atoms with Gasteiger partial charge in [-0.2, -0.15) is 0 Å². The highest BCUT2D eigenvalue weighted by Crippen LogP contribution is 2.18. The van der Waals surface area contributed by atoms with Gasteiger partial charge in [0.25, 0.3) is 15.9 Å². The van der Waals surface area contributed by atoms with E-state index in [9.17, 15) is 18.0 Å². The number of aryl methyl sites for hydroxylation is 1. The fourth-order valence-electron chi connectivity index (χ4n) is 3.13. The van der Waals surface area contributed by atoms with Crippen LogP contribution in [0.15, 0.2) is 77.7 Å². The van der Waals surface area contributed by atoms with Gasteiger partial charge in [0.15, 0.2) is 0 Å². The molecule has 0 aromatic heterocycles. The molecule has 0 aliphatic carbocycles. The normalized spacial score (nSPS) is 11.0. The van der Waals surface area contributed by atoms with Crippen molar-refractivity contribution < 1.29 is 18.0 Å². The van der Waals surface area contributed by atoms with Crippen LogP contribution in [0.2, 0.25) is 0 Å². The van der Waals surface area contributed by atoms with Crippen molar-refractivity contribution in [3.05, 3.63) is 89.5 Å². The third kappa shape index (κ3) is 6.92. The number of benzene rings is 3. The van der Waals surface area contributed by atoms with E-state index in [1.807, 2.05) is 32.0 Å². The molecule has 0 fully saturated rings. The van der Waals surface area contributed by atoms with E-state index >= 15 is 0 Å². The number of rotatable bonds is 9. The number of sulfonamides is 1. The molecule has 0 saturated carbocycles. The largest absolute Gasteiger partial charge is 0.348 e. The molecule has 0 aliphatic rings. The second kappa shape index (κ2) is 10.8. The van der Waals surface area contributed by atoms with Gasteiger partial charge in [-0.05, 0) is 61.4 Å². The van der Waals surface area contributed by atoms with Crippen LogP contribution in [0, 0.1) is 6.92 Å². The van der Waals surface area contributed by atoms with Crippen molar-refractivity contribution in [1.29, 1.82) is 0 Å². The van der Waals surface area contributed by atoms with Crippen LogP contribution in [0.25, 0.3) is 0 Å². The van der Waals surface area contributed by atoms with Gasteiger partial charge >= 0.3 is 0 Å². The van der Waals surface area contributed by atoms with Gasteiger partial charge in [-0.1, -0.05) is 42.8 Å². The number of nitrogens with one attached hydrogen (secondary N) is 3. The smallest absolute Gasteiger partial charge is 0.261 e. The minimum absolute atomic E-state index is 0.00337. The average Bonchev–Trinajstić information content (AvgIpc) is 2.79. The van der Waals surface area contributed by atoms with Gasteiger partial charge in [-0.3, -0.25) is 14.3 Å². The van der Waals surface area contributed by atoms with Gasteiger partial charge < -0.3 is 10.6 Å². The standard InChI is InChI=1S/C25H27N3O4S/c1-3-6-24(29)27-22-9-4-7-19(15-22)17-26-25(30)20-8-5-10-23(16-20)33(31,32)28-21-13-11-18(2)12-14-21/h4-5,7-16,28H,3,6,17H2,1-2H3,(H,26,30)(H,27,29).